The summed E-state index contributed by atoms with van der Waals surface area (Å²) in [6.07, 6.45) is 1.65. The highest BCUT2D eigenvalue weighted by Gasteiger charge is 2.22. The van der Waals surface area contributed by atoms with Crippen molar-refractivity contribution in [2.75, 3.05) is 0 Å². The topological polar surface area (TPSA) is 59.0 Å². The molecule has 1 N–H and O–H groups in total. The van der Waals surface area contributed by atoms with Gasteiger partial charge in [0.15, 0.2) is 5.84 Å². The average Bonchev–Trinajstić information content (AvgIpc) is 3.80. The highest BCUT2D eigenvalue weighted by molar-refractivity contribution is 6.26. The van der Waals surface area contributed by atoms with Gasteiger partial charge in [-0.15, -0.1) is 0 Å². The monoisotopic (exact) mass is 616 g/mol. The number of pyridine rings is 1. The summed E-state index contributed by atoms with van der Waals surface area (Å²) in [4.78, 5) is 10.1. The van der Waals surface area contributed by atoms with Crippen molar-refractivity contribution in [1.29, 1.82) is 0 Å². The Hall–Kier alpha value is -6.53. The molecule has 0 spiro atoms. The summed E-state index contributed by atoms with van der Waals surface area (Å²) >= 11 is 0. The van der Waals surface area contributed by atoms with Crippen LogP contribution in [0.5, 0.6) is 0 Å². The van der Waals surface area contributed by atoms with Crippen molar-refractivity contribution in [3.8, 4) is 16.8 Å². The molecule has 6 nitrogen and oxygen atoms in total. The number of benzene rings is 6. The Kier molecular flexibility index (Phi) is 5.84. The van der Waals surface area contributed by atoms with Crippen LogP contribution in [0.3, 0.4) is 0 Å². The summed E-state index contributed by atoms with van der Waals surface area (Å²) < 4.78 is 4.43. The molecule has 0 saturated carbocycles. The Labute approximate surface area is 276 Å². The molecule has 3 aromatic heterocycles. The van der Waals surface area contributed by atoms with E-state index in [0.29, 0.717) is 5.84 Å². The van der Waals surface area contributed by atoms with E-state index in [1.807, 2.05) is 42.6 Å². The Bertz CT molecular complexity index is 2600. The van der Waals surface area contributed by atoms with Crippen LogP contribution in [-0.2, 0) is 0 Å². The minimum absolute atomic E-state index is 0.236. The predicted octanol–water partition coefficient (Wildman–Crippen LogP) is 9.18. The Morgan fingerprint density at radius 3 is 2.04 bits per heavy atom. The number of fused-ring (bicyclic) bond motifs is 3. The summed E-state index contributed by atoms with van der Waals surface area (Å²) in [5.74, 6) is 1.52. The first-order valence-corrected chi connectivity index (χ1v) is 16.2. The molecule has 0 bridgehead atoms. The maximum atomic E-state index is 5.08. The normalized spacial score (nSPS) is 14.9. The molecule has 9 aromatic rings. The number of amidine groups is 2. The fourth-order valence-corrected chi connectivity index (χ4v) is 7.23. The van der Waals surface area contributed by atoms with Crippen LogP contribution >= 0.6 is 0 Å². The van der Waals surface area contributed by atoms with Gasteiger partial charge in [-0.1, -0.05) is 109 Å². The van der Waals surface area contributed by atoms with E-state index in [1.165, 1.54) is 27.2 Å². The number of nitrogens with one attached hydrogen (secondary N) is 1. The van der Waals surface area contributed by atoms with E-state index in [2.05, 4.69) is 135 Å². The van der Waals surface area contributed by atoms with Gasteiger partial charge in [0.1, 0.15) is 12.0 Å². The zero-order valence-electron chi connectivity index (χ0n) is 25.8. The van der Waals surface area contributed by atoms with E-state index in [-0.39, 0.29) is 6.17 Å². The third-order valence-corrected chi connectivity index (χ3v) is 9.43. The standard InChI is InChI=1S/C42H28N6/c1-3-10-28(11-4-1)40-44-41(29-12-5-2-6-13-29)46-42(45-40)31-15-7-14-30(26-31)27-20-22-32(23-21-27)47-35-17-8-16-33-34-24-25-43-48(34)37-19-9-18-36(47)39(37)38(33)35/h1-26,40H,(H,44,45,46). The van der Waals surface area contributed by atoms with E-state index in [4.69, 9.17) is 9.98 Å². The number of aliphatic imine (C=N–C) groups is 2. The molecule has 10 rings (SSSR count). The van der Waals surface area contributed by atoms with E-state index >= 15 is 0 Å². The lowest BCUT2D eigenvalue weighted by molar-refractivity contribution is 0.674. The first kappa shape index (κ1) is 26.7. The van der Waals surface area contributed by atoms with Crippen LogP contribution in [0, 0.1) is 0 Å². The molecule has 48 heavy (non-hydrogen) atoms. The SMILES string of the molecule is c1ccc(C2=NC(c3cccc(-c4ccc(-n5c6cccc7c6c6c5cccc6n5nccc75)cc4)c3)=NC(c3ccccc3)N2)cc1. The lowest BCUT2D eigenvalue weighted by Gasteiger charge is -2.23. The number of hydrogen-bond donors (Lipinski definition) is 1. The Morgan fingerprint density at radius 2 is 1.21 bits per heavy atom. The van der Waals surface area contributed by atoms with Crippen molar-refractivity contribution in [3.63, 3.8) is 0 Å². The first-order valence-electron chi connectivity index (χ1n) is 16.2. The van der Waals surface area contributed by atoms with Gasteiger partial charge < -0.3 is 9.88 Å². The average molecular weight is 617 g/mol. The van der Waals surface area contributed by atoms with Crippen LogP contribution in [0.2, 0.25) is 0 Å². The zero-order valence-corrected chi connectivity index (χ0v) is 25.8. The highest BCUT2D eigenvalue weighted by Crippen LogP contribution is 2.40. The second kappa shape index (κ2) is 10.5. The molecule has 6 aromatic carbocycles. The van der Waals surface area contributed by atoms with Gasteiger partial charge in [-0.3, -0.25) is 0 Å². The van der Waals surface area contributed by atoms with Gasteiger partial charge in [-0.25, -0.2) is 14.5 Å². The fourth-order valence-electron chi connectivity index (χ4n) is 7.23. The molecule has 4 heterocycles. The van der Waals surface area contributed by atoms with Crippen LogP contribution in [-0.4, -0.2) is 25.9 Å². The van der Waals surface area contributed by atoms with Gasteiger partial charge >= 0.3 is 0 Å². The van der Waals surface area contributed by atoms with Crippen LogP contribution in [0.4, 0.5) is 0 Å². The highest BCUT2D eigenvalue weighted by atomic mass is 15.2. The second-order valence-electron chi connectivity index (χ2n) is 12.2. The zero-order chi connectivity index (χ0) is 31.6. The molecular weight excluding hydrogens is 589 g/mol. The first-order chi connectivity index (χ1) is 23.8. The molecule has 0 radical (unpaired) electrons. The minimum Gasteiger partial charge on any atom is -0.344 e. The summed E-state index contributed by atoms with van der Waals surface area (Å²) in [6, 6.07) is 53.1. The Balaban J connectivity index is 1.06. The number of rotatable bonds is 5. The Morgan fingerprint density at radius 1 is 0.521 bits per heavy atom. The summed E-state index contributed by atoms with van der Waals surface area (Å²) in [7, 11) is 0. The second-order valence-corrected chi connectivity index (χ2v) is 12.2. The van der Waals surface area contributed by atoms with Crippen LogP contribution < -0.4 is 5.32 Å². The number of hydrogen-bond acceptors (Lipinski definition) is 4. The van der Waals surface area contributed by atoms with Crippen molar-refractivity contribution >= 4 is 49.9 Å². The molecule has 1 unspecified atom stereocenters. The van der Waals surface area contributed by atoms with Gasteiger partial charge in [0.2, 0.25) is 0 Å². The molecular formula is C42H28N6. The van der Waals surface area contributed by atoms with Crippen LogP contribution in [0.1, 0.15) is 22.9 Å². The maximum Gasteiger partial charge on any atom is 0.159 e. The third-order valence-electron chi connectivity index (χ3n) is 9.43. The van der Waals surface area contributed by atoms with E-state index in [0.717, 1.165) is 50.4 Å². The van der Waals surface area contributed by atoms with Crippen molar-refractivity contribution in [2.45, 2.75) is 6.17 Å². The van der Waals surface area contributed by atoms with Gasteiger partial charge in [0.25, 0.3) is 0 Å². The largest absolute Gasteiger partial charge is 0.344 e. The van der Waals surface area contributed by atoms with Crippen LogP contribution in [0.25, 0.3) is 55.0 Å². The van der Waals surface area contributed by atoms with E-state index in [9.17, 15) is 0 Å². The number of nitrogens with zero attached hydrogens (tertiary/aromatic N) is 5. The third kappa shape index (κ3) is 4.09. The summed E-state index contributed by atoms with van der Waals surface area (Å²) in [5.41, 5.74) is 11.1. The maximum absolute atomic E-state index is 5.08. The van der Waals surface area contributed by atoms with Gasteiger partial charge in [0, 0.05) is 33.0 Å². The molecule has 0 saturated heterocycles. The van der Waals surface area contributed by atoms with Crippen LogP contribution in [0.15, 0.2) is 168 Å². The van der Waals surface area contributed by atoms with Crippen molar-refractivity contribution in [1.82, 2.24) is 19.5 Å². The molecule has 0 amide bonds. The van der Waals surface area contributed by atoms with Gasteiger partial charge in [-0.05, 0) is 59.2 Å². The molecule has 0 fully saturated rings. The van der Waals surface area contributed by atoms with Gasteiger partial charge in [-0.2, -0.15) is 5.10 Å². The van der Waals surface area contributed by atoms with Crippen molar-refractivity contribution in [3.05, 3.63) is 175 Å². The van der Waals surface area contributed by atoms with E-state index in [1.54, 1.807) is 0 Å². The molecule has 6 heteroatoms. The van der Waals surface area contributed by atoms with Crippen molar-refractivity contribution < 1.29 is 0 Å². The fraction of sp³-hybridized carbons (Fsp3) is 0.0238. The molecule has 0 aliphatic carbocycles. The molecule has 1 atom stereocenters. The molecule has 226 valence electrons. The quantitative estimate of drug-likeness (QED) is 0.196. The summed E-state index contributed by atoms with van der Waals surface area (Å²) in [6.45, 7) is 0. The lowest BCUT2D eigenvalue weighted by Crippen LogP contribution is -2.33. The predicted molar refractivity (Wildman–Crippen MR) is 195 cm³/mol. The summed E-state index contributed by atoms with van der Waals surface area (Å²) in [5, 5.41) is 11.9. The van der Waals surface area contributed by atoms with Crippen molar-refractivity contribution in [2.24, 2.45) is 9.98 Å². The lowest BCUT2D eigenvalue weighted by atomic mass is 10.0. The van der Waals surface area contributed by atoms with E-state index < -0.39 is 0 Å². The minimum atomic E-state index is -0.236. The number of aromatic nitrogens is 3. The van der Waals surface area contributed by atoms with Gasteiger partial charge in [0.05, 0.1) is 28.3 Å². The smallest absolute Gasteiger partial charge is 0.159 e. The molecule has 1 aliphatic rings. The molecule has 1 aliphatic heterocycles.